The van der Waals surface area contributed by atoms with Gasteiger partial charge in [-0.3, -0.25) is 14.9 Å². The molecule has 1 aromatic carbocycles. The van der Waals surface area contributed by atoms with E-state index in [0.29, 0.717) is 17.8 Å². The second kappa shape index (κ2) is 8.23. The fourth-order valence-electron chi connectivity index (χ4n) is 4.45. The van der Waals surface area contributed by atoms with Gasteiger partial charge in [0, 0.05) is 52.0 Å². The molecule has 1 unspecified atom stereocenters. The van der Waals surface area contributed by atoms with E-state index in [1.807, 2.05) is 6.92 Å². The van der Waals surface area contributed by atoms with Crippen LogP contribution in [0.1, 0.15) is 53.3 Å². The standard InChI is InChI=1S/C23H21F4N5O3.2H2/c1-10-17(28-22-31-30-21(35-22)11-5-12(6-11)23(2,26)27)9-32(10)13-7-15(24)19(16(25)8-13)14-3-4-18(33)29-20(14)34;;/h7-8,10,14,17H,3-5,9H2,1-2H3,(H,28,31)(H,29,33,34);2*1H/t10-,14?,17+;;/m1../s1. The lowest BCUT2D eigenvalue weighted by Crippen LogP contribution is -2.62. The van der Waals surface area contributed by atoms with Gasteiger partial charge in [-0.05, 0) is 25.5 Å². The van der Waals surface area contributed by atoms with E-state index in [0.717, 1.165) is 6.92 Å². The molecule has 8 nitrogen and oxygen atoms in total. The normalized spacial score (nSPS) is 24.3. The molecule has 0 spiro atoms. The molecule has 5 rings (SSSR count). The van der Waals surface area contributed by atoms with Crippen LogP contribution >= 0.6 is 0 Å². The number of nitrogens with zero attached hydrogens (tertiary/aromatic N) is 3. The number of amides is 2. The lowest BCUT2D eigenvalue weighted by molar-refractivity contribution is -0.134. The Morgan fingerprint density at radius 1 is 1.26 bits per heavy atom. The van der Waals surface area contributed by atoms with E-state index >= 15 is 0 Å². The van der Waals surface area contributed by atoms with Gasteiger partial charge in [-0.2, -0.15) is 0 Å². The van der Waals surface area contributed by atoms with Crippen molar-refractivity contribution in [2.24, 2.45) is 0 Å². The highest BCUT2D eigenvalue weighted by atomic mass is 19.3. The molecule has 2 fully saturated rings. The van der Waals surface area contributed by atoms with E-state index < -0.39 is 35.3 Å². The van der Waals surface area contributed by atoms with Crippen molar-refractivity contribution in [3.05, 3.63) is 46.5 Å². The maximum Gasteiger partial charge on any atom is 0.316 e. The minimum absolute atomic E-state index is 0. The summed E-state index contributed by atoms with van der Waals surface area (Å²) in [5.74, 6) is -6.75. The molecule has 2 amide bonds. The number of halogens is 4. The molecular formula is C23H25F4N5O3. The predicted molar refractivity (Wildman–Crippen MR) is 120 cm³/mol. The third-order valence-electron chi connectivity index (χ3n) is 6.63. The highest BCUT2D eigenvalue weighted by molar-refractivity contribution is 6.01. The van der Waals surface area contributed by atoms with Crippen LogP contribution in [0, 0.1) is 11.6 Å². The van der Waals surface area contributed by atoms with Gasteiger partial charge >= 0.3 is 6.01 Å². The number of benzene rings is 1. The average Bonchev–Trinajstić information content (AvgIpc) is 3.17. The van der Waals surface area contributed by atoms with E-state index in [-0.39, 0.29) is 57.2 Å². The number of imide groups is 1. The number of anilines is 2. The molecule has 0 saturated carbocycles. The van der Waals surface area contributed by atoms with E-state index in [1.165, 1.54) is 12.1 Å². The Bertz CT molecular complexity index is 1280. The van der Waals surface area contributed by atoms with Gasteiger partial charge in [0.05, 0.1) is 17.5 Å². The number of aromatic nitrogens is 2. The topological polar surface area (TPSA) is 100 Å². The van der Waals surface area contributed by atoms with Crippen LogP contribution in [0.15, 0.2) is 27.9 Å². The third kappa shape index (κ3) is 4.18. The summed E-state index contributed by atoms with van der Waals surface area (Å²) in [7, 11) is 0. The summed E-state index contributed by atoms with van der Waals surface area (Å²) < 4.78 is 61.6. The Labute approximate surface area is 200 Å². The number of nitrogens with one attached hydrogen (secondary N) is 2. The first-order chi connectivity index (χ1) is 16.5. The van der Waals surface area contributed by atoms with Crippen molar-refractivity contribution >= 4 is 29.1 Å². The number of hydrogen-bond acceptors (Lipinski definition) is 7. The number of hydrogen-bond donors (Lipinski definition) is 2. The van der Waals surface area contributed by atoms with Crippen molar-refractivity contribution in [1.29, 1.82) is 0 Å². The molecule has 3 atom stereocenters. The number of rotatable bonds is 6. The second-order valence-electron chi connectivity index (χ2n) is 9.03. The second-order valence-corrected chi connectivity index (χ2v) is 9.03. The molecule has 3 heterocycles. The van der Waals surface area contributed by atoms with Crippen LogP contribution in [0.5, 0.6) is 0 Å². The highest BCUT2D eigenvalue weighted by Gasteiger charge is 2.39. The van der Waals surface area contributed by atoms with Gasteiger partial charge in [-0.25, -0.2) is 17.6 Å². The molecule has 0 radical (unpaired) electrons. The summed E-state index contributed by atoms with van der Waals surface area (Å²) in [6.07, 6.45) is 0.0838. The molecule has 35 heavy (non-hydrogen) atoms. The van der Waals surface area contributed by atoms with Crippen molar-refractivity contribution in [2.45, 2.75) is 57.0 Å². The maximum absolute atomic E-state index is 14.8. The lowest BCUT2D eigenvalue weighted by Gasteiger charge is -2.48. The summed E-state index contributed by atoms with van der Waals surface area (Å²) >= 11 is 0. The zero-order valence-corrected chi connectivity index (χ0v) is 18.8. The Balaban J connectivity index is 0.00000190. The van der Waals surface area contributed by atoms with Gasteiger partial charge in [-0.15, -0.1) is 10.8 Å². The summed E-state index contributed by atoms with van der Waals surface area (Å²) in [6.45, 7) is 3.02. The van der Waals surface area contributed by atoms with Gasteiger partial charge < -0.3 is 14.6 Å². The molecule has 188 valence electrons. The number of piperidine rings is 1. The van der Waals surface area contributed by atoms with Gasteiger partial charge in [0.15, 0.2) is 0 Å². The molecule has 2 aliphatic heterocycles. The SMILES string of the molecule is C[C@@H]1[C@@H](Nc2nnc(C3=C=C(C(C)(F)F)C3)o2)CN1c1cc(F)c(C2CCC(=O)NC2=O)c(F)c1.[HH].[HH]. The number of allylic oxidation sites excluding steroid dienone is 1. The molecule has 2 aromatic rings. The predicted octanol–water partition coefficient (Wildman–Crippen LogP) is 4.02. The van der Waals surface area contributed by atoms with Gasteiger partial charge in [-0.1, -0.05) is 5.10 Å². The fraction of sp³-hybridized carbons (Fsp3) is 0.435. The van der Waals surface area contributed by atoms with Crippen LogP contribution in [-0.2, 0) is 9.59 Å². The van der Waals surface area contributed by atoms with Crippen molar-refractivity contribution in [3.8, 4) is 0 Å². The van der Waals surface area contributed by atoms with Crippen LogP contribution in [0.4, 0.5) is 29.3 Å². The first-order valence-corrected chi connectivity index (χ1v) is 11.1. The first-order valence-electron chi connectivity index (χ1n) is 11.1. The van der Waals surface area contributed by atoms with E-state index in [2.05, 4.69) is 26.6 Å². The summed E-state index contributed by atoms with van der Waals surface area (Å²) in [4.78, 5) is 25.1. The first kappa shape index (κ1) is 23.1. The fourth-order valence-corrected chi connectivity index (χ4v) is 4.45. The van der Waals surface area contributed by atoms with E-state index in [1.54, 1.807) is 4.90 Å². The van der Waals surface area contributed by atoms with Crippen LogP contribution in [0.2, 0.25) is 0 Å². The van der Waals surface area contributed by atoms with Crippen molar-refractivity contribution in [2.75, 3.05) is 16.8 Å². The largest absolute Gasteiger partial charge is 0.403 e. The Hall–Kier alpha value is -3.66. The molecule has 2 saturated heterocycles. The summed E-state index contributed by atoms with van der Waals surface area (Å²) in [6, 6.07) is 2.09. The van der Waals surface area contributed by atoms with Crippen LogP contribution in [-0.4, -0.2) is 46.6 Å². The Kier molecular flexibility index (Phi) is 5.43. The molecule has 12 heteroatoms. The Morgan fingerprint density at radius 3 is 2.54 bits per heavy atom. The lowest BCUT2D eigenvalue weighted by atomic mass is 9.89. The smallest absolute Gasteiger partial charge is 0.316 e. The average molecular weight is 495 g/mol. The van der Waals surface area contributed by atoms with Crippen LogP contribution in [0.25, 0.3) is 5.57 Å². The van der Waals surface area contributed by atoms with Crippen LogP contribution in [0.3, 0.4) is 0 Å². The van der Waals surface area contributed by atoms with Gasteiger partial charge in [0.1, 0.15) is 11.6 Å². The molecule has 2 N–H and O–H groups in total. The van der Waals surface area contributed by atoms with Crippen LogP contribution < -0.4 is 15.5 Å². The minimum atomic E-state index is -2.94. The Morgan fingerprint density at radius 2 is 1.94 bits per heavy atom. The van der Waals surface area contributed by atoms with Crippen molar-refractivity contribution in [1.82, 2.24) is 15.5 Å². The highest BCUT2D eigenvalue weighted by Crippen LogP contribution is 2.38. The van der Waals surface area contributed by atoms with Gasteiger partial charge in [0.25, 0.3) is 11.8 Å². The molecule has 0 bridgehead atoms. The van der Waals surface area contributed by atoms with Crippen molar-refractivity contribution < 1.29 is 34.4 Å². The van der Waals surface area contributed by atoms with E-state index in [4.69, 9.17) is 4.42 Å². The number of carbonyl (C=O) groups excluding carboxylic acids is 2. The molecular weight excluding hydrogens is 470 g/mol. The summed E-state index contributed by atoms with van der Waals surface area (Å²) in [5, 5.41) is 12.9. The van der Waals surface area contributed by atoms with E-state index in [9.17, 15) is 27.2 Å². The minimum Gasteiger partial charge on any atom is -0.403 e. The van der Waals surface area contributed by atoms with Crippen molar-refractivity contribution in [3.63, 3.8) is 0 Å². The zero-order chi connectivity index (χ0) is 25.1. The number of alkyl halides is 2. The molecule has 1 aromatic heterocycles. The number of carbonyl (C=O) groups is 2. The summed E-state index contributed by atoms with van der Waals surface area (Å²) in [5.41, 5.74) is 2.81. The maximum atomic E-state index is 14.8. The molecule has 1 aliphatic carbocycles. The molecule has 3 aliphatic rings. The monoisotopic (exact) mass is 495 g/mol. The third-order valence-corrected chi connectivity index (χ3v) is 6.63. The van der Waals surface area contributed by atoms with Gasteiger partial charge in [0.2, 0.25) is 11.8 Å². The zero-order valence-electron chi connectivity index (χ0n) is 18.8. The quantitative estimate of drug-likeness (QED) is 0.355.